The number of rotatable bonds is 2. The van der Waals surface area contributed by atoms with E-state index in [1.54, 1.807) is 0 Å². The third-order valence-corrected chi connectivity index (χ3v) is 6.00. The lowest BCUT2D eigenvalue weighted by molar-refractivity contribution is 0.685. The van der Waals surface area contributed by atoms with E-state index in [-0.39, 0.29) is 5.56 Å². The van der Waals surface area contributed by atoms with Gasteiger partial charge in [0.05, 0.1) is 0 Å². The van der Waals surface area contributed by atoms with Crippen LogP contribution in [-0.2, 0) is 13.0 Å². The molecule has 1 aliphatic rings. The number of hydrogen-bond donors (Lipinski definition) is 0. The predicted molar refractivity (Wildman–Crippen MR) is 118 cm³/mol. The van der Waals surface area contributed by atoms with E-state index in [1.165, 1.54) is 39.0 Å². The van der Waals surface area contributed by atoms with Crippen molar-refractivity contribution in [1.29, 1.82) is 0 Å². The number of benzene rings is 1. The molecule has 0 unspecified atom stereocenters. The maximum Gasteiger partial charge on any atom is 0.274 e. The largest absolute Gasteiger partial charge is 0.350 e. The third-order valence-electron chi connectivity index (χ3n) is 6.00. The molecule has 0 aliphatic carbocycles. The highest BCUT2D eigenvalue weighted by molar-refractivity contribution is 5.69. The lowest BCUT2D eigenvalue weighted by atomic mass is 9.95. The predicted octanol–water partition coefficient (Wildman–Crippen LogP) is 3.64. The zero-order valence-electron chi connectivity index (χ0n) is 17.4. The van der Waals surface area contributed by atoms with Gasteiger partial charge in [0.15, 0.2) is 11.5 Å². The molecule has 0 fully saturated rings. The lowest BCUT2D eigenvalue weighted by Gasteiger charge is -2.30. The van der Waals surface area contributed by atoms with Crippen molar-refractivity contribution in [3.8, 4) is 11.1 Å². The molecule has 0 bridgehead atoms. The molecule has 6 heteroatoms. The van der Waals surface area contributed by atoms with Gasteiger partial charge in [0.1, 0.15) is 0 Å². The van der Waals surface area contributed by atoms with Crippen molar-refractivity contribution in [1.82, 2.24) is 19.6 Å². The van der Waals surface area contributed by atoms with E-state index in [9.17, 15) is 4.79 Å². The average Bonchev–Trinajstić information content (AvgIpc) is 2.75. The quantitative estimate of drug-likeness (QED) is 0.517. The monoisotopic (exact) mass is 397 g/mol. The molecule has 0 saturated heterocycles. The van der Waals surface area contributed by atoms with E-state index in [1.807, 2.05) is 19.2 Å². The molecular weight excluding hydrogens is 374 g/mol. The van der Waals surface area contributed by atoms with Gasteiger partial charge >= 0.3 is 0 Å². The van der Waals surface area contributed by atoms with Crippen molar-refractivity contribution >= 4 is 11.5 Å². The molecule has 3 aromatic heterocycles. The minimum Gasteiger partial charge on any atom is -0.350 e. The summed E-state index contributed by atoms with van der Waals surface area (Å²) in [6.07, 6.45) is 4.36. The molecule has 4 aromatic rings. The van der Waals surface area contributed by atoms with Crippen LogP contribution in [0.5, 0.6) is 0 Å². The SMILES string of the molecule is Cc1cc2nccc(=O)n2nc1N1CCc2ncc(-c3cccc(C)c3C)cc2C1. The fraction of sp³-hybridized carbons (Fsp3) is 0.250. The summed E-state index contributed by atoms with van der Waals surface area (Å²) in [6.45, 7) is 7.84. The molecular formula is C24H23N5O. The fourth-order valence-electron chi connectivity index (χ4n) is 4.18. The van der Waals surface area contributed by atoms with Gasteiger partial charge in [-0.15, -0.1) is 5.10 Å². The summed E-state index contributed by atoms with van der Waals surface area (Å²) in [6, 6.07) is 12.0. The first-order valence-corrected chi connectivity index (χ1v) is 10.2. The first-order valence-electron chi connectivity index (χ1n) is 10.2. The molecule has 0 radical (unpaired) electrons. The zero-order chi connectivity index (χ0) is 20.8. The Bertz CT molecular complexity index is 1340. The zero-order valence-corrected chi connectivity index (χ0v) is 17.4. The number of fused-ring (bicyclic) bond motifs is 2. The van der Waals surface area contributed by atoms with Crippen molar-refractivity contribution in [3.05, 3.63) is 87.1 Å². The van der Waals surface area contributed by atoms with Crippen molar-refractivity contribution in [2.24, 2.45) is 0 Å². The van der Waals surface area contributed by atoms with Crippen LogP contribution in [-0.4, -0.2) is 26.1 Å². The van der Waals surface area contributed by atoms with Crippen LogP contribution >= 0.6 is 0 Å². The van der Waals surface area contributed by atoms with Gasteiger partial charge in [-0.25, -0.2) is 4.98 Å². The molecule has 0 spiro atoms. The smallest absolute Gasteiger partial charge is 0.274 e. The van der Waals surface area contributed by atoms with E-state index < -0.39 is 0 Å². The Morgan fingerprint density at radius 2 is 1.87 bits per heavy atom. The van der Waals surface area contributed by atoms with E-state index in [2.05, 4.69) is 53.1 Å². The molecule has 6 nitrogen and oxygen atoms in total. The van der Waals surface area contributed by atoms with Crippen molar-refractivity contribution in [3.63, 3.8) is 0 Å². The van der Waals surface area contributed by atoms with Crippen molar-refractivity contribution in [2.75, 3.05) is 11.4 Å². The lowest BCUT2D eigenvalue weighted by Crippen LogP contribution is -2.33. The van der Waals surface area contributed by atoms with Gasteiger partial charge < -0.3 is 4.90 Å². The van der Waals surface area contributed by atoms with E-state index in [0.717, 1.165) is 42.1 Å². The minimum atomic E-state index is -0.169. The Morgan fingerprint density at radius 3 is 2.73 bits per heavy atom. The molecule has 0 saturated carbocycles. The first kappa shape index (κ1) is 18.5. The second-order valence-electron chi connectivity index (χ2n) is 7.95. The second-order valence-corrected chi connectivity index (χ2v) is 7.95. The van der Waals surface area contributed by atoms with Crippen LogP contribution in [0.1, 0.15) is 27.9 Å². The van der Waals surface area contributed by atoms with Gasteiger partial charge in [0.2, 0.25) is 0 Å². The van der Waals surface area contributed by atoms with Crippen LogP contribution < -0.4 is 10.5 Å². The van der Waals surface area contributed by atoms with E-state index in [4.69, 9.17) is 4.98 Å². The van der Waals surface area contributed by atoms with Gasteiger partial charge in [-0.1, -0.05) is 18.2 Å². The highest BCUT2D eigenvalue weighted by Gasteiger charge is 2.22. The summed E-state index contributed by atoms with van der Waals surface area (Å²) < 4.78 is 1.38. The van der Waals surface area contributed by atoms with Crippen LogP contribution in [0, 0.1) is 20.8 Å². The van der Waals surface area contributed by atoms with Crippen LogP contribution in [0.4, 0.5) is 5.82 Å². The van der Waals surface area contributed by atoms with Crippen molar-refractivity contribution < 1.29 is 0 Å². The van der Waals surface area contributed by atoms with Crippen LogP contribution in [0.15, 0.2) is 53.6 Å². The number of hydrogen-bond acceptors (Lipinski definition) is 5. The van der Waals surface area contributed by atoms with E-state index >= 15 is 0 Å². The van der Waals surface area contributed by atoms with Crippen LogP contribution in [0.25, 0.3) is 16.8 Å². The van der Waals surface area contributed by atoms with Gasteiger partial charge in [-0.2, -0.15) is 4.52 Å². The Morgan fingerprint density at radius 1 is 1.00 bits per heavy atom. The molecule has 1 aromatic carbocycles. The molecule has 150 valence electrons. The molecule has 4 heterocycles. The number of pyridine rings is 1. The molecule has 0 amide bonds. The van der Waals surface area contributed by atoms with Crippen LogP contribution in [0.3, 0.4) is 0 Å². The standard InChI is InChI=1S/C24H23N5O/c1-15-5-4-6-20(17(15)3)18-12-19-14-28(10-8-21(19)26-13-18)24-16(2)11-22-25-9-7-23(30)29(22)27-24/h4-7,9,11-13H,8,10,14H2,1-3H3. The normalized spacial score (nSPS) is 13.5. The first-order chi connectivity index (χ1) is 14.5. The Hall–Kier alpha value is -3.54. The summed E-state index contributed by atoms with van der Waals surface area (Å²) in [7, 11) is 0. The van der Waals surface area contributed by atoms with Gasteiger partial charge in [0, 0.05) is 49.2 Å². The summed E-state index contributed by atoms with van der Waals surface area (Å²) in [5.74, 6) is 0.820. The number of anilines is 1. The molecule has 0 N–H and O–H groups in total. The maximum absolute atomic E-state index is 12.2. The van der Waals surface area contributed by atoms with Gasteiger partial charge in [-0.05, 0) is 60.7 Å². The summed E-state index contributed by atoms with van der Waals surface area (Å²) in [5.41, 5.74) is 8.68. The minimum absolute atomic E-state index is 0.169. The molecule has 1 aliphatic heterocycles. The fourth-order valence-corrected chi connectivity index (χ4v) is 4.18. The average molecular weight is 397 g/mol. The van der Waals surface area contributed by atoms with Crippen molar-refractivity contribution in [2.45, 2.75) is 33.7 Å². The summed E-state index contributed by atoms with van der Waals surface area (Å²) in [5, 5.41) is 4.62. The summed E-state index contributed by atoms with van der Waals surface area (Å²) >= 11 is 0. The molecule has 5 rings (SSSR count). The number of aromatic nitrogens is 4. The highest BCUT2D eigenvalue weighted by Crippen LogP contribution is 2.30. The van der Waals surface area contributed by atoms with Gasteiger partial charge in [-0.3, -0.25) is 9.78 Å². The molecule has 0 atom stereocenters. The topological polar surface area (TPSA) is 63.4 Å². The number of nitrogens with zero attached hydrogens (tertiary/aromatic N) is 5. The Balaban J connectivity index is 1.54. The highest BCUT2D eigenvalue weighted by atomic mass is 16.1. The Kier molecular flexibility index (Phi) is 4.35. The number of aryl methyl sites for hydroxylation is 2. The maximum atomic E-state index is 12.2. The Labute approximate surface area is 174 Å². The second kappa shape index (κ2) is 7.06. The third kappa shape index (κ3) is 3.05. The van der Waals surface area contributed by atoms with E-state index in [0.29, 0.717) is 5.65 Å². The summed E-state index contributed by atoms with van der Waals surface area (Å²) in [4.78, 5) is 23.5. The van der Waals surface area contributed by atoms with Crippen LogP contribution in [0.2, 0.25) is 0 Å². The molecule has 30 heavy (non-hydrogen) atoms. The van der Waals surface area contributed by atoms with Gasteiger partial charge in [0.25, 0.3) is 5.56 Å².